The van der Waals surface area contributed by atoms with E-state index >= 15 is 0 Å². The highest BCUT2D eigenvalue weighted by Crippen LogP contribution is 2.37. The minimum Gasteiger partial charge on any atom is -0.507 e. The van der Waals surface area contributed by atoms with Gasteiger partial charge in [0.1, 0.15) is 17.1 Å². The van der Waals surface area contributed by atoms with Gasteiger partial charge in [-0.05, 0) is 37.8 Å². The van der Waals surface area contributed by atoms with Crippen LogP contribution in [0.3, 0.4) is 0 Å². The van der Waals surface area contributed by atoms with Crippen LogP contribution in [0, 0.1) is 13.8 Å². The number of hydrogen-bond donors (Lipinski definition) is 3. The van der Waals surface area contributed by atoms with Crippen LogP contribution in [-0.4, -0.2) is 21.3 Å². The lowest BCUT2D eigenvalue weighted by atomic mass is 9.93. The van der Waals surface area contributed by atoms with E-state index in [2.05, 4.69) is 0 Å². The van der Waals surface area contributed by atoms with Gasteiger partial charge in [0, 0.05) is 5.56 Å². The summed E-state index contributed by atoms with van der Waals surface area (Å²) in [6.45, 7) is 5.16. The summed E-state index contributed by atoms with van der Waals surface area (Å²) in [6, 6.07) is 0. The summed E-state index contributed by atoms with van der Waals surface area (Å²) in [6.07, 6.45) is 2.45. The average molecular weight is 238 g/mol. The highest BCUT2D eigenvalue weighted by Gasteiger charge is 2.22. The zero-order valence-corrected chi connectivity index (χ0v) is 10.4. The molecule has 0 atom stereocenters. The summed E-state index contributed by atoms with van der Waals surface area (Å²) in [5, 5.41) is 28.7. The van der Waals surface area contributed by atoms with E-state index in [0.717, 1.165) is 12.8 Å². The maximum atomic E-state index is 11.1. The number of aromatic carboxylic acids is 1. The van der Waals surface area contributed by atoms with Gasteiger partial charge in [-0.1, -0.05) is 13.3 Å². The Hall–Kier alpha value is -1.71. The number of carboxylic acids is 1. The summed E-state index contributed by atoms with van der Waals surface area (Å²) in [7, 11) is 0. The van der Waals surface area contributed by atoms with Gasteiger partial charge in [-0.25, -0.2) is 4.79 Å². The SMILES string of the molecule is CCCCc1c(C)c(C(=O)O)c(O)c(C)c1O. The maximum absolute atomic E-state index is 11.1. The summed E-state index contributed by atoms with van der Waals surface area (Å²) >= 11 is 0. The Morgan fingerprint density at radius 3 is 2.18 bits per heavy atom. The van der Waals surface area contributed by atoms with Crippen molar-refractivity contribution in [3.63, 3.8) is 0 Å². The molecule has 0 unspecified atom stereocenters. The first kappa shape index (κ1) is 13.4. The Morgan fingerprint density at radius 2 is 1.71 bits per heavy atom. The molecule has 1 rings (SSSR count). The molecule has 0 heterocycles. The summed E-state index contributed by atoms with van der Waals surface area (Å²) in [5.41, 5.74) is 1.21. The monoisotopic (exact) mass is 238 g/mol. The molecule has 4 nitrogen and oxygen atoms in total. The molecule has 0 aliphatic carbocycles. The lowest BCUT2D eigenvalue weighted by molar-refractivity contribution is 0.0692. The van der Waals surface area contributed by atoms with E-state index in [1.807, 2.05) is 6.92 Å². The van der Waals surface area contributed by atoms with Crippen molar-refractivity contribution in [2.24, 2.45) is 0 Å². The zero-order chi connectivity index (χ0) is 13.2. The van der Waals surface area contributed by atoms with Crippen LogP contribution >= 0.6 is 0 Å². The Kier molecular flexibility index (Phi) is 3.99. The summed E-state index contributed by atoms with van der Waals surface area (Å²) < 4.78 is 0. The molecule has 0 fully saturated rings. The molecule has 0 bridgehead atoms. The van der Waals surface area contributed by atoms with Gasteiger partial charge in [0.25, 0.3) is 0 Å². The first-order chi connectivity index (χ1) is 7.91. The molecule has 0 saturated heterocycles. The molecule has 4 heteroatoms. The van der Waals surface area contributed by atoms with E-state index in [0.29, 0.717) is 17.5 Å². The van der Waals surface area contributed by atoms with Crippen molar-refractivity contribution in [3.8, 4) is 11.5 Å². The molecule has 0 aromatic heterocycles. The van der Waals surface area contributed by atoms with Gasteiger partial charge in [0.2, 0.25) is 0 Å². The highest BCUT2D eigenvalue weighted by atomic mass is 16.4. The van der Waals surface area contributed by atoms with Crippen molar-refractivity contribution in [3.05, 3.63) is 22.3 Å². The van der Waals surface area contributed by atoms with Crippen molar-refractivity contribution in [1.82, 2.24) is 0 Å². The highest BCUT2D eigenvalue weighted by molar-refractivity contribution is 5.94. The van der Waals surface area contributed by atoms with Gasteiger partial charge < -0.3 is 15.3 Å². The zero-order valence-electron chi connectivity index (χ0n) is 10.4. The van der Waals surface area contributed by atoms with Crippen LogP contribution in [0.1, 0.15) is 46.8 Å². The van der Waals surface area contributed by atoms with E-state index in [1.54, 1.807) is 6.92 Å². The van der Waals surface area contributed by atoms with E-state index in [4.69, 9.17) is 5.11 Å². The van der Waals surface area contributed by atoms with Crippen molar-refractivity contribution in [1.29, 1.82) is 0 Å². The first-order valence-electron chi connectivity index (χ1n) is 5.69. The fourth-order valence-corrected chi connectivity index (χ4v) is 1.95. The van der Waals surface area contributed by atoms with Crippen LogP contribution in [0.5, 0.6) is 11.5 Å². The van der Waals surface area contributed by atoms with Crippen molar-refractivity contribution in [2.75, 3.05) is 0 Å². The number of benzene rings is 1. The number of hydrogen-bond acceptors (Lipinski definition) is 3. The average Bonchev–Trinajstić information content (AvgIpc) is 2.26. The summed E-state index contributed by atoms with van der Waals surface area (Å²) in [4.78, 5) is 11.1. The smallest absolute Gasteiger partial charge is 0.339 e. The molecular weight excluding hydrogens is 220 g/mol. The Bertz CT molecular complexity index is 449. The third kappa shape index (κ3) is 2.35. The Labute approximate surface area is 101 Å². The van der Waals surface area contributed by atoms with Gasteiger partial charge in [-0.2, -0.15) is 0 Å². The van der Waals surface area contributed by atoms with Crippen molar-refractivity contribution in [2.45, 2.75) is 40.0 Å². The van der Waals surface area contributed by atoms with Crippen LogP contribution in [-0.2, 0) is 6.42 Å². The fraction of sp³-hybridized carbons (Fsp3) is 0.462. The van der Waals surface area contributed by atoms with Gasteiger partial charge in [-0.3, -0.25) is 0 Å². The number of carbonyl (C=O) groups is 1. The van der Waals surface area contributed by atoms with E-state index < -0.39 is 5.97 Å². The van der Waals surface area contributed by atoms with E-state index in [9.17, 15) is 15.0 Å². The molecule has 1 aromatic rings. The standard InChI is InChI=1S/C13H18O4/c1-4-5-6-9-7(2)10(13(16)17)12(15)8(3)11(9)14/h14-15H,4-6H2,1-3H3,(H,16,17). The third-order valence-electron chi connectivity index (χ3n) is 3.05. The molecule has 0 radical (unpaired) electrons. The molecule has 1 aromatic carbocycles. The van der Waals surface area contributed by atoms with Gasteiger partial charge in [0.15, 0.2) is 0 Å². The molecule has 0 aliphatic rings. The Balaban J connectivity index is 3.44. The molecule has 0 aliphatic heterocycles. The second kappa shape index (κ2) is 5.08. The quantitative estimate of drug-likeness (QED) is 0.753. The molecule has 3 N–H and O–H groups in total. The van der Waals surface area contributed by atoms with Gasteiger partial charge in [-0.15, -0.1) is 0 Å². The first-order valence-corrected chi connectivity index (χ1v) is 5.69. The normalized spacial score (nSPS) is 10.5. The number of unbranched alkanes of at least 4 members (excludes halogenated alkanes) is 1. The second-order valence-electron chi connectivity index (χ2n) is 4.21. The maximum Gasteiger partial charge on any atom is 0.339 e. The molecular formula is C13H18O4. The van der Waals surface area contributed by atoms with Gasteiger partial charge in [0.05, 0.1) is 0 Å². The Morgan fingerprint density at radius 1 is 1.12 bits per heavy atom. The van der Waals surface area contributed by atoms with E-state index in [-0.39, 0.29) is 22.6 Å². The minimum absolute atomic E-state index is 0.0125. The number of phenols is 2. The van der Waals surface area contributed by atoms with E-state index in [1.165, 1.54) is 6.92 Å². The predicted octanol–water partition coefficient (Wildman–Crippen LogP) is 2.76. The lowest BCUT2D eigenvalue weighted by Gasteiger charge is -2.15. The van der Waals surface area contributed by atoms with Crippen LogP contribution in [0.4, 0.5) is 0 Å². The molecule has 0 spiro atoms. The van der Waals surface area contributed by atoms with Crippen LogP contribution < -0.4 is 0 Å². The molecule has 0 amide bonds. The van der Waals surface area contributed by atoms with Gasteiger partial charge >= 0.3 is 5.97 Å². The topological polar surface area (TPSA) is 77.8 Å². The van der Waals surface area contributed by atoms with Crippen LogP contribution in [0.15, 0.2) is 0 Å². The van der Waals surface area contributed by atoms with Crippen LogP contribution in [0.2, 0.25) is 0 Å². The second-order valence-corrected chi connectivity index (χ2v) is 4.21. The molecule has 94 valence electrons. The summed E-state index contributed by atoms with van der Waals surface area (Å²) in [5.74, 6) is -1.49. The predicted molar refractivity (Wildman–Crippen MR) is 64.8 cm³/mol. The van der Waals surface area contributed by atoms with Crippen molar-refractivity contribution < 1.29 is 20.1 Å². The number of rotatable bonds is 4. The number of aromatic hydroxyl groups is 2. The number of carboxylic acid groups (broad SMARTS) is 1. The minimum atomic E-state index is -1.17. The van der Waals surface area contributed by atoms with Crippen molar-refractivity contribution >= 4 is 5.97 Å². The largest absolute Gasteiger partial charge is 0.507 e. The number of phenolic OH excluding ortho intramolecular Hbond substituents is 1. The fourth-order valence-electron chi connectivity index (χ4n) is 1.95. The third-order valence-corrected chi connectivity index (χ3v) is 3.05. The molecule has 0 saturated carbocycles. The lowest BCUT2D eigenvalue weighted by Crippen LogP contribution is -2.06. The molecule has 17 heavy (non-hydrogen) atoms. The van der Waals surface area contributed by atoms with Crippen LogP contribution in [0.25, 0.3) is 0 Å².